The van der Waals surface area contributed by atoms with Crippen LogP contribution in [0, 0.1) is 5.82 Å². The Morgan fingerprint density at radius 1 is 1.00 bits per heavy atom. The Hall–Kier alpha value is -4.20. The van der Waals surface area contributed by atoms with Crippen LogP contribution in [-0.2, 0) is 4.79 Å². The number of ether oxygens (including phenoxy) is 2. The molecule has 0 saturated carbocycles. The van der Waals surface area contributed by atoms with E-state index in [4.69, 9.17) is 14.0 Å². The largest absolute Gasteiger partial charge is 0.497 e. The van der Waals surface area contributed by atoms with Gasteiger partial charge in [-0.3, -0.25) is 4.79 Å². The van der Waals surface area contributed by atoms with Crippen molar-refractivity contribution in [3.8, 4) is 34.3 Å². The van der Waals surface area contributed by atoms with Gasteiger partial charge in [-0.2, -0.15) is 4.98 Å². The molecule has 0 aliphatic carbocycles. The van der Waals surface area contributed by atoms with Crippen molar-refractivity contribution in [2.75, 3.05) is 19.0 Å². The third kappa shape index (κ3) is 5.05. The summed E-state index contributed by atoms with van der Waals surface area (Å²) >= 11 is 0. The molecular formula is C23H18FN3O4. The minimum Gasteiger partial charge on any atom is -0.497 e. The van der Waals surface area contributed by atoms with Crippen molar-refractivity contribution >= 4 is 11.6 Å². The molecule has 0 atom stereocenters. The van der Waals surface area contributed by atoms with Crippen LogP contribution in [-0.4, -0.2) is 29.8 Å². The second-order valence-corrected chi connectivity index (χ2v) is 6.52. The summed E-state index contributed by atoms with van der Waals surface area (Å²) in [5.41, 5.74) is 1.94. The molecule has 3 aromatic carbocycles. The lowest BCUT2D eigenvalue weighted by molar-refractivity contribution is -0.118. The number of hydrogen-bond donors (Lipinski definition) is 1. The van der Waals surface area contributed by atoms with E-state index in [1.54, 1.807) is 31.4 Å². The number of nitrogens with one attached hydrogen (secondary N) is 1. The molecule has 31 heavy (non-hydrogen) atoms. The van der Waals surface area contributed by atoms with Gasteiger partial charge in [-0.1, -0.05) is 11.2 Å². The second kappa shape index (κ2) is 9.08. The first-order valence-electron chi connectivity index (χ1n) is 9.37. The van der Waals surface area contributed by atoms with Crippen molar-refractivity contribution in [2.45, 2.75) is 0 Å². The van der Waals surface area contributed by atoms with E-state index in [0.29, 0.717) is 28.7 Å². The molecule has 8 heteroatoms. The summed E-state index contributed by atoms with van der Waals surface area (Å²) in [5, 5.41) is 6.65. The SMILES string of the molecule is COc1ccc(-c2noc(-c3cccc(OCC(=O)Nc4ccc(F)cc4)c3)n2)cc1. The lowest BCUT2D eigenvalue weighted by Crippen LogP contribution is -2.20. The Labute approximate surface area is 177 Å². The van der Waals surface area contributed by atoms with Gasteiger partial charge in [-0.05, 0) is 66.7 Å². The average Bonchev–Trinajstić information content (AvgIpc) is 3.30. The van der Waals surface area contributed by atoms with Crippen LogP contribution in [0.1, 0.15) is 0 Å². The number of hydrogen-bond acceptors (Lipinski definition) is 6. The van der Waals surface area contributed by atoms with Gasteiger partial charge >= 0.3 is 0 Å². The molecular weight excluding hydrogens is 401 g/mol. The second-order valence-electron chi connectivity index (χ2n) is 6.52. The fourth-order valence-electron chi connectivity index (χ4n) is 2.80. The predicted octanol–water partition coefficient (Wildman–Crippen LogP) is 4.57. The average molecular weight is 419 g/mol. The van der Waals surface area contributed by atoms with Gasteiger partial charge in [0.1, 0.15) is 17.3 Å². The molecule has 0 unspecified atom stereocenters. The van der Waals surface area contributed by atoms with Crippen molar-refractivity contribution in [3.63, 3.8) is 0 Å². The first-order chi connectivity index (χ1) is 15.1. The topological polar surface area (TPSA) is 86.5 Å². The molecule has 0 saturated heterocycles. The number of amides is 1. The number of nitrogens with zero attached hydrogens (tertiary/aromatic N) is 2. The summed E-state index contributed by atoms with van der Waals surface area (Å²) in [5.74, 6) is 1.24. The maximum atomic E-state index is 12.9. The smallest absolute Gasteiger partial charge is 0.262 e. The van der Waals surface area contributed by atoms with Gasteiger partial charge in [0.2, 0.25) is 5.82 Å². The molecule has 1 aromatic heterocycles. The molecule has 1 heterocycles. The van der Waals surface area contributed by atoms with E-state index >= 15 is 0 Å². The zero-order chi connectivity index (χ0) is 21.6. The zero-order valence-electron chi connectivity index (χ0n) is 16.5. The van der Waals surface area contributed by atoms with E-state index in [2.05, 4.69) is 15.5 Å². The molecule has 1 N–H and O–H groups in total. The molecule has 0 aliphatic heterocycles. The highest BCUT2D eigenvalue weighted by Crippen LogP contribution is 2.26. The van der Waals surface area contributed by atoms with E-state index in [-0.39, 0.29) is 18.3 Å². The summed E-state index contributed by atoms with van der Waals surface area (Å²) in [6.45, 7) is -0.207. The number of halogens is 1. The number of benzene rings is 3. The van der Waals surface area contributed by atoms with Crippen LogP contribution in [0.3, 0.4) is 0 Å². The van der Waals surface area contributed by atoms with E-state index in [9.17, 15) is 9.18 Å². The van der Waals surface area contributed by atoms with Crippen LogP contribution in [0.15, 0.2) is 77.3 Å². The number of carbonyl (C=O) groups excluding carboxylic acids is 1. The van der Waals surface area contributed by atoms with E-state index < -0.39 is 0 Å². The first kappa shape index (κ1) is 20.1. The predicted molar refractivity (Wildman–Crippen MR) is 112 cm³/mol. The molecule has 0 bridgehead atoms. The summed E-state index contributed by atoms with van der Waals surface area (Å²) < 4.78 is 29.0. The van der Waals surface area contributed by atoms with Gasteiger partial charge in [0.15, 0.2) is 6.61 Å². The van der Waals surface area contributed by atoms with Gasteiger partial charge in [0, 0.05) is 16.8 Å². The monoisotopic (exact) mass is 419 g/mol. The fourth-order valence-corrected chi connectivity index (χ4v) is 2.80. The van der Waals surface area contributed by atoms with E-state index in [1.807, 2.05) is 24.3 Å². The van der Waals surface area contributed by atoms with Crippen LogP contribution in [0.25, 0.3) is 22.8 Å². The van der Waals surface area contributed by atoms with Gasteiger partial charge in [-0.25, -0.2) is 4.39 Å². The maximum absolute atomic E-state index is 12.9. The lowest BCUT2D eigenvalue weighted by atomic mass is 10.2. The van der Waals surface area contributed by atoms with E-state index in [1.165, 1.54) is 24.3 Å². The van der Waals surface area contributed by atoms with Crippen LogP contribution >= 0.6 is 0 Å². The Morgan fingerprint density at radius 3 is 2.52 bits per heavy atom. The molecule has 4 aromatic rings. The number of methoxy groups -OCH3 is 1. The van der Waals surface area contributed by atoms with Crippen molar-refractivity contribution in [3.05, 3.63) is 78.6 Å². The normalized spacial score (nSPS) is 10.5. The van der Waals surface area contributed by atoms with Crippen LogP contribution in [0.4, 0.5) is 10.1 Å². The number of aromatic nitrogens is 2. The van der Waals surface area contributed by atoms with Crippen LogP contribution in [0.5, 0.6) is 11.5 Å². The Bertz CT molecular complexity index is 1170. The van der Waals surface area contributed by atoms with Gasteiger partial charge in [-0.15, -0.1) is 0 Å². The maximum Gasteiger partial charge on any atom is 0.262 e. The third-order valence-electron chi connectivity index (χ3n) is 4.35. The highest BCUT2D eigenvalue weighted by molar-refractivity contribution is 5.91. The molecule has 156 valence electrons. The van der Waals surface area contributed by atoms with Crippen molar-refractivity contribution in [1.29, 1.82) is 0 Å². The zero-order valence-corrected chi connectivity index (χ0v) is 16.5. The van der Waals surface area contributed by atoms with Crippen molar-refractivity contribution in [1.82, 2.24) is 10.1 Å². The number of carbonyl (C=O) groups is 1. The van der Waals surface area contributed by atoms with E-state index in [0.717, 1.165) is 11.3 Å². The Kier molecular flexibility index (Phi) is 5.89. The summed E-state index contributed by atoms with van der Waals surface area (Å²) in [7, 11) is 1.60. The Morgan fingerprint density at radius 2 is 1.77 bits per heavy atom. The molecule has 0 aliphatic rings. The van der Waals surface area contributed by atoms with Crippen molar-refractivity contribution in [2.24, 2.45) is 0 Å². The number of anilines is 1. The summed E-state index contributed by atoms with van der Waals surface area (Å²) in [4.78, 5) is 16.5. The van der Waals surface area contributed by atoms with Crippen molar-refractivity contribution < 1.29 is 23.2 Å². The minimum absolute atomic E-state index is 0.207. The standard InChI is InChI=1S/C23H18FN3O4/c1-29-19-11-5-15(6-12-19)22-26-23(31-27-22)16-3-2-4-20(13-16)30-14-21(28)25-18-9-7-17(24)8-10-18/h2-13H,14H2,1H3,(H,25,28). The Balaban J connectivity index is 1.40. The first-order valence-corrected chi connectivity index (χ1v) is 9.37. The van der Waals surface area contributed by atoms with Gasteiger partial charge in [0.05, 0.1) is 7.11 Å². The molecule has 0 spiro atoms. The quantitative estimate of drug-likeness (QED) is 0.472. The van der Waals surface area contributed by atoms with Crippen LogP contribution in [0.2, 0.25) is 0 Å². The molecule has 1 amide bonds. The third-order valence-corrected chi connectivity index (χ3v) is 4.35. The highest BCUT2D eigenvalue weighted by atomic mass is 19.1. The summed E-state index contributed by atoms with van der Waals surface area (Å²) in [6.07, 6.45) is 0. The minimum atomic E-state index is -0.373. The lowest BCUT2D eigenvalue weighted by Gasteiger charge is -2.08. The fraction of sp³-hybridized carbons (Fsp3) is 0.0870. The van der Waals surface area contributed by atoms with Gasteiger partial charge < -0.3 is 19.3 Å². The highest BCUT2D eigenvalue weighted by Gasteiger charge is 2.12. The molecule has 0 fully saturated rings. The number of rotatable bonds is 7. The van der Waals surface area contributed by atoms with Gasteiger partial charge in [0.25, 0.3) is 11.8 Å². The summed E-state index contributed by atoms with van der Waals surface area (Å²) in [6, 6.07) is 19.8. The van der Waals surface area contributed by atoms with Crippen LogP contribution < -0.4 is 14.8 Å². The molecule has 7 nitrogen and oxygen atoms in total. The molecule has 4 rings (SSSR count). The molecule has 0 radical (unpaired) electrons.